The average Bonchev–Trinajstić information content (AvgIpc) is 3.64. The van der Waals surface area contributed by atoms with E-state index in [0.29, 0.717) is 12.3 Å². The molecule has 1 saturated heterocycles. The number of likely N-dealkylation sites (tertiary alicyclic amines) is 1. The second-order valence-electron chi connectivity index (χ2n) is 8.56. The summed E-state index contributed by atoms with van der Waals surface area (Å²) in [5.41, 5.74) is 0.740. The second-order valence-corrected chi connectivity index (χ2v) is 8.90. The van der Waals surface area contributed by atoms with Gasteiger partial charge in [-0.15, -0.1) is 0 Å². The molecule has 0 radical (unpaired) electrons. The van der Waals surface area contributed by atoms with Crippen LogP contribution in [0.5, 0.6) is 5.88 Å². The summed E-state index contributed by atoms with van der Waals surface area (Å²) in [6.07, 6.45) is -4.22. The minimum Gasteiger partial charge on any atom is -0.474 e. The molecule has 1 aliphatic carbocycles. The van der Waals surface area contributed by atoms with Crippen molar-refractivity contribution in [2.24, 2.45) is 5.92 Å². The van der Waals surface area contributed by atoms with Crippen LogP contribution in [0.15, 0.2) is 18.3 Å². The average molecular weight is 577 g/mol. The predicted octanol–water partition coefficient (Wildman–Crippen LogP) is 3.89. The molecule has 38 heavy (non-hydrogen) atoms. The SMILES string of the molecule is CC1CCC(c2ccnc(OC3CC3)c2)N(C(=O)C(=O)OCC(F)(F)F)C1.O=C(Cl)C(=O)OCC(F)(F)F. The maximum absolute atomic E-state index is 12.5. The topological polar surface area (TPSA) is 112 Å². The van der Waals surface area contributed by atoms with E-state index in [1.165, 1.54) is 4.90 Å². The molecule has 16 heteroatoms. The summed E-state index contributed by atoms with van der Waals surface area (Å²) >= 11 is 4.48. The number of nitrogens with zero attached hydrogens (tertiary/aromatic N) is 2. The van der Waals surface area contributed by atoms with Crippen molar-refractivity contribution < 1.29 is 59.7 Å². The van der Waals surface area contributed by atoms with Crippen molar-refractivity contribution in [3.05, 3.63) is 23.9 Å². The molecule has 2 fully saturated rings. The van der Waals surface area contributed by atoms with E-state index in [1.54, 1.807) is 18.3 Å². The van der Waals surface area contributed by atoms with Gasteiger partial charge in [0.25, 0.3) is 0 Å². The standard InChI is InChI=1S/C18H21F3N2O4.C4H2ClF3O3/c1-11-2-5-14(12-6-7-22-15(8-12)27-13-3-4-13)23(9-11)16(24)17(25)26-10-18(19,20)21;5-2(9)3(10)11-1-4(6,7)8/h6-8,11,13-14H,2-5,9-10H2,1H3;1H2. The summed E-state index contributed by atoms with van der Waals surface area (Å²) in [5.74, 6) is -3.68. The number of hydrogen-bond acceptors (Lipinski definition) is 8. The number of piperidine rings is 1. The molecule has 1 saturated carbocycles. The number of rotatable bonds is 6. The Labute approximate surface area is 217 Å². The van der Waals surface area contributed by atoms with E-state index in [-0.39, 0.29) is 18.6 Å². The molecular weight excluding hydrogens is 554 g/mol. The minimum absolute atomic E-state index is 0.129. The zero-order valence-electron chi connectivity index (χ0n) is 19.8. The van der Waals surface area contributed by atoms with E-state index in [0.717, 1.165) is 24.8 Å². The third-order valence-corrected chi connectivity index (χ3v) is 5.26. The first-order valence-electron chi connectivity index (χ1n) is 11.2. The fourth-order valence-corrected chi connectivity index (χ4v) is 3.36. The van der Waals surface area contributed by atoms with Crippen LogP contribution in [0.2, 0.25) is 0 Å². The smallest absolute Gasteiger partial charge is 0.422 e. The highest BCUT2D eigenvalue weighted by Crippen LogP contribution is 2.35. The number of pyridine rings is 1. The van der Waals surface area contributed by atoms with Crippen molar-refractivity contribution in [2.75, 3.05) is 19.8 Å². The maximum Gasteiger partial charge on any atom is 0.422 e. The first-order valence-corrected chi connectivity index (χ1v) is 11.5. The van der Waals surface area contributed by atoms with Gasteiger partial charge in [-0.2, -0.15) is 26.3 Å². The summed E-state index contributed by atoms with van der Waals surface area (Å²) in [5, 5.41) is -1.57. The Morgan fingerprint density at radius 2 is 1.55 bits per heavy atom. The van der Waals surface area contributed by atoms with Gasteiger partial charge in [0, 0.05) is 18.8 Å². The zero-order chi connectivity index (χ0) is 28.7. The molecule has 1 amide bonds. The van der Waals surface area contributed by atoms with Crippen molar-refractivity contribution in [3.63, 3.8) is 0 Å². The first-order chi connectivity index (χ1) is 17.6. The van der Waals surface area contributed by atoms with Crippen LogP contribution < -0.4 is 4.74 Å². The highest BCUT2D eigenvalue weighted by atomic mass is 35.5. The van der Waals surface area contributed by atoms with Crippen molar-refractivity contribution in [3.8, 4) is 5.88 Å². The van der Waals surface area contributed by atoms with Gasteiger partial charge in [0.1, 0.15) is 6.10 Å². The molecule has 1 aromatic heterocycles. The Hall–Kier alpha value is -3.10. The van der Waals surface area contributed by atoms with Crippen molar-refractivity contribution >= 4 is 34.7 Å². The summed E-state index contributed by atoms with van der Waals surface area (Å²) in [7, 11) is 0. The highest BCUT2D eigenvalue weighted by molar-refractivity contribution is 6.80. The molecule has 1 aliphatic heterocycles. The molecule has 2 aliphatic rings. The van der Waals surface area contributed by atoms with Gasteiger partial charge in [0.15, 0.2) is 13.2 Å². The fourth-order valence-electron chi connectivity index (χ4n) is 3.31. The van der Waals surface area contributed by atoms with E-state index in [4.69, 9.17) is 4.74 Å². The molecule has 0 N–H and O–H groups in total. The molecule has 212 valence electrons. The number of amides is 1. The Bertz CT molecular complexity index is 1020. The van der Waals surface area contributed by atoms with Gasteiger partial charge in [-0.25, -0.2) is 14.6 Å². The van der Waals surface area contributed by atoms with E-state index >= 15 is 0 Å². The molecular formula is C22H23ClF6N2O7. The van der Waals surface area contributed by atoms with E-state index in [1.807, 2.05) is 6.92 Å². The lowest BCUT2D eigenvalue weighted by Gasteiger charge is -2.38. The van der Waals surface area contributed by atoms with Crippen LogP contribution >= 0.6 is 11.6 Å². The van der Waals surface area contributed by atoms with Crippen LogP contribution in [0.25, 0.3) is 0 Å². The lowest BCUT2D eigenvalue weighted by atomic mass is 9.90. The zero-order valence-corrected chi connectivity index (χ0v) is 20.6. The first kappa shape index (κ1) is 31.1. The van der Waals surface area contributed by atoms with E-state index in [2.05, 4.69) is 26.1 Å². The summed E-state index contributed by atoms with van der Waals surface area (Å²) in [4.78, 5) is 49.5. The Morgan fingerprint density at radius 3 is 2.08 bits per heavy atom. The van der Waals surface area contributed by atoms with Crippen LogP contribution in [0.4, 0.5) is 26.3 Å². The van der Waals surface area contributed by atoms with Gasteiger partial charge >= 0.3 is 35.4 Å². The van der Waals surface area contributed by atoms with Crippen LogP contribution in [0.3, 0.4) is 0 Å². The Kier molecular flexibility index (Phi) is 10.7. The molecule has 2 heterocycles. The van der Waals surface area contributed by atoms with Crippen LogP contribution in [0.1, 0.15) is 44.2 Å². The molecule has 9 nitrogen and oxygen atoms in total. The molecule has 2 unspecified atom stereocenters. The number of alkyl halides is 6. The lowest BCUT2D eigenvalue weighted by Crippen LogP contribution is -2.45. The number of hydrogen-bond donors (Lipinski definition) is 0. The molecule has 0 aromatic carbocycles. The summed E-state index contributed by atoms with van der Waals surface area (Å²) < 4.78 is 83.7. The predicted molar refractivity (Wildman–Crippen MR) is 116 cm³/mol. The van der Waals surface area contributed by atoms with Crippen LogP contribution in [-0.2, 0) is 28.7 Å². The number of esters is 2. The maximum atomic E-state index is 12.5. The monoisotopic (exact) mass is 576 g/mol. The van der Waals surface area contributed by atoms with Crippen molar-refractivity contribution in [2.45, 2.75) is 57.1 Å². The van der Waals surface area contributed by atoms with E-state index in [9.17, 15) is 45.5 Å². The number of aromatic nitrogens is 1. The molecule has 0 bridgehead atoms. The van der Waals surface area contributed by atoms with Gasteiger partial charge in [-0.05, 0) is 54.8 Å². The Balaban J connectivity index is 0.000000391. The molecule has 0 spiro atoms. The number of ether oxygens (including phenoxy) is 3. The fraction of sp³-hybridized carbons (Fsp3) is 0.591. The third kappa shape index (κ3) is 11.1. The van der Waals surface area contributed by atoms with Gasteiger partial charge in [-0.1, -0.05) is 6.92 Å². The summed E-state index contributed by atoms with van der Waals surface area (Å²) in [6, 6.07) is 3.01. The number of carbonyl (C=O) groups is 4. The van der Waals surface area contributed by atoms with E-state index < -0.39 is 54.7 Å². The van der Waals surface area contributed by atoms with Gasteiger partial charge in [0.2, 0.25) is 5.88 Å². The van der Waals surface area contributed by atoms with Gasteiger partial charge in [0.05, 0.1) is 6.04 Å². The third-order valence-electron chi connectivity index (χ3n) is 5.10. The van der Waals surface area contributed by atoms with Gasteiger partial charge in [-0.3, -0.25) is 9.59 Å². The van der Waals surface area contributed by atoms with Crippen molar-refractivity contribution in [1.29, 1.82) is 0 Å². The highest BCUT2D eigenvalue weighted by Gasteiger charge is 2.38. The lowest BCUT2D eigenvalue weighted by molar-refractivity contribution is -0.190. The second kappa shape index (κ2) is 13.1. The van der Waals surface area contributed by atoms with Crippen molar-refractivity contribution in [1.82, 2.24) is 9.88 Å². The normalized spacial score (nSPS) is 19.5. The largest absolute Gasteiger partial charge is 0.474 e. The summed E-state index contributed by atoms with van der Waals surface area (Å²) in [6.45, 7) is -1.39. The molecule has 2 atom stereocenters. The van der Waals surface area contributed by atoms with Crippen LogP contribution in [-0.4, -0.2) is 71.2 Å². The van der Waals surface area contributed by atoms with Crippen LogP contribution in [0, 0.1) is 5.92 Å². The minimum atomic E-state index is -4.68. The van der Waals surface area contributed by atoms with Gasteiger partial charge < -0.3 is 19.1 Å². The molecule has 1 aromatic rings. The number of carbonyl (C=O) groups excluding carboxylic acids is 4. The number of halogens is 7. The Morgan fingerprint density at radius 1 is 0.974 bits per heavy atom. The molecule has 3 rings (SSSR count). The quantitative estimate of drug-likeness (QED) is 0.217.